The summed E-state index contributed by atoms with van der Waals surface area (Å²) in [6.07, 6.45) is 6.79. The number of aryl methyl sites for hydroxylation is 1. The van der Waals surface area contributed by atoms with Crippen LogP contribution in [0.4, 0.5) is 0 Å². The fraction of sp³-hybridized carbons (Fsp3) is 0.133. The largest absolute Gasteiger partial charge is 0.321 e. The fourth-order valence-electron chi connectivity index (χ4n) is 1.86. The fourth-order valence-corrected chi connectivity index (χ4v) is 3.69. The maximum Gasteiger partial charge on any atom is 0.269 e. The number of rotatable bonds is 3. The molecule has 0 unspecified atom stereocenters. The maximum absolute atomic E-state index is 11.3. The highest BCUT2D eigenvalue weighted by atomic mass is 79.9. The van der Waals surface area contributed by atoms with Gasteiger partial charge in [0.25, 0.3) is 5.91 Å². The van der Waals surface area contributed by atoms with Crippen molar-refractivity contribution in [3.63, 3.8) is 0 Å². The van der Waals surface area contributed by atoms with Gasteiger partial charge in [0.1, 0.15) is 0 Å². The number of aromatic nitrogens is 1. The summed E-state index contributed by atoms with van der Waals surface area (Å²) in [6, 6.07) is 5.97. The lowest BCUT2D eigenvalue weighted by Crippen LogP contribution is -2.19. The number of halogens is 2. The van der Waals surface area contributed by atoms with E-state index in [2.05, 4.69) is 31.9 Å². The molecule has 0 spiro atoms. The second-order valence-electron chi connectivity index (χ2n) is 4.62. The number of carbonyl (C=O) groups excluding carboxylic acids is 1. The van der Waals surface area contributed by atoms with Gasteiger partial charge in [-0.25, -0.2) is 5.06 Å². The van der Waals surface area contributed by atoms with E-state index >= 15 is 0 Å². The van der Waals surface area contributed by atoms with Crippen LogP contribution >= 0.6 is 31.9 Å². The third-order valence-electron chi connectivity index (χ3n) is 2.87. The molecule has 0 saturated heterocycles. The minimum absolute atomic E-state index is 0.472. The van der Waals surface area contributed by atoms with Crippen LogP contribution < -0.4 is 0 Å². The van der Waals surface area contributed by atoms with Crippen molar-refractivity contribution in [2.45, 2.75) is 6.92 Å². The molecule has 1 N–H and O–H groups in total. The highest BCUT2D eigenvalue weighted by Gasteiger charge is 2.08. The van der Waals surface area contributed by atoms with Crippen LogP contribution in [0.2, 0.25) is 0 Å². The molecule has 1 amide bonds. The van der Waals surface area contributed by atoms with Gasteiger partial charge in [-0.1, -0.05) is 0 Å². The number of carbonyl (C=O) groups is 1. The molecule has 1 aromatic carbocycles. The van der Waals surface area contributed by atoms with Crippen LogP contribution in [-0.4, -0.2) is 27.8 Å². The van der Waals surface area contributed by atoms with Crippen molar-refractivity contribution in [1.82, 2.24) is 9.63 Å². The molecule has 0 aliphatic heterocycles. The normalized spacial score (nSPS) is 11.1. The lowest BCUT2D eigenvalue weighted by molar-refractivity contribution is -0.153. The summed E-state index contributed by atoms with van der Waals surface area (Å²) in [7, 11) is 1.29. The predicted molar refractivity (Wildman–Crippen MR) is 89.5 cm³/mol. The van der Waals surface area contributed by atoms with Crippen molar-refractivity contribution in [3.8, 4) is 5.69 Å². The number of benzene rings is 1. The van der Waals surface area contributed by atoms with Gasteiger partial charge >= 0.3 is 0 Å². The molecule has 2 rings (SSSR count). The van der Waals surface area contributed by atoms with Crippen molar-refractivity contribution in [1.29, 1.82) is 0 Å². The van der Waals surface area contributed by atoms with Crippen LogP contribution in [0.1, 0.15) is 11.1 Å². The van der Waals surface area contributed by atoms with Crippen molar-refractivity contribution in [3.05, 3.63) is 56.7 Å². The first kappa shape index (κ1) is 16.0. The van der Waals surface area contributed by atoms with Gasteiger partial charge in [0, 0.05) is 34.5 Å². The molecule has 0 atom stereocenters. The summed E-state index contributed by atoms with van der Waals surface area (Å²) < 4.78 is 3.92. The monoisotopic (exact) mass is 412 g/mol. The van der Waals surface area contributed by atoms with Crippen molar-refractivity contribution in [2.24, 2.45) is 0 Å². The Morgan fingerprint density at radius 3 is 2.52 bits per heavy atom. The molecule has 0 bridgehead atoms. The van der Waals surface area contributed by atoms with E-state index in [9.17, 15) is 4.79 Å². The minimum Gasteiger partial charge on any atom is -0.321 e. The van der Waals surface area contributed by atoms with Crippen LogP contribution in [0, 0.1) is 6.92 Å². The topological polar surface area (TPSA) is 45.5 Å². The zero-order valence-electron chi connectivity index (χ0n) is 11.5. The van der Waals surface area contributed by atoms with Crippen LogP contribution in [-0.2, 0) is 4.79 Å². The molecule has 2 aromatic rings. The van der Waals surface area contributed by atoms with E-state index in [4.69, 9.17) is 5.21 Å². The highest BCUT2D eigenvalue weighted by Crippen LogP contribution is 2.31. The van der Waals surface area contributed by atoms with E-state index in [0.717, 1.165) is 25.8 Å². The molecule has 0 saturated carbocycles. The van der Waals surface area contributed by atoms with E-state index in [0.29, 0.717) is 5.06 Å². The van der Waals surface area contributed by atoms with Gasteiger partial charge in [0.15, 0.2) is 0 Å². The van der Waals surface area contributed by atoms with Crippen molar-refractivity contribution in [2.75, 3.05) is 7.05 Å². The van der Waals surface area contributed by atoms with Crippen LogP contribution in [0.5, 0.6) is 0 Å². The number of likely N-dealkylation sites (N-methyl/N-ethyl adjacent to an activating group) is 1. The quantitative estimate of drug-likeness (QED) is 0.466. The molecule has 110 valence electrons. The van der Waals surface area contributed by atoms with E-state index in [1.807, 2.05) is 42.1 Å². The van der Waals surface area contributed by atoms with Gasteiger partial charge in [-0.2, -0.15) is 0 Å². The molecule has 1 heterocycles. The van der Waals surface area contributed by atoms with E-state index < -0.39 is 5.91 Å². The number of nitrogens with zero attached hydrogens (tertiary/aromatic N) is 2. The summed E-state index contributed by atoms with van der Waals surface area (Å²) in [6.45, 7) is 2.03. The Kier molecular flexibility index (Phi) is 5.03. The molecule has 0 radical (unpaired) electrons. The van der Waals surface area contributed by atoms with Crippen LogP contribution in [0.15, 0.2) is 45.6 Å². The summed E-state index contributed by atoms with van der Waals surface area (Å²) in [5.41, 5.74) is 3.01. The molecule has 0 fully saturated rings. The molecule has 21 heavy (non-hydrogen) atoms. The Balaban J connectivity index is 2.31. The Bertz CT molecular complexity index is 682. The molecule has 0 aliphatic carbocycles. The maximum atomic E-state index is 11.3. The smallest absolute Gasteiger partial charge is 0.269 e. The van der Waals surface area contributed by atoms with E-state index in [-0.39, 0.29) is 0 Å². The number of hydroxylamine groups is 2. The average Bonchev–Trinajstić information content (AvgIpc) is 2.83. The van der Waals surface area contributed by atoms with Gasteiger partial charge in [-0.05, 0) is 74.2 Å². The first-order chi connectivity index (χ1) is 9.88. The van der Waals surface area contributed by atoms with Gasteiger partial charge in [0.2, 0.25) is 0 Å². The van der Waals surface area contributed by atoms with Gasteiger partial charge < -0.3 is 4.57 Å². The molecular formula is C15H14Br2N2O2. The molecule has 4 nitrogen and oxygen atoms in total. The average molecular weight is 414 g/mol. The highest BCUT2D eigenvalue weighted by molar-refractivity contribution is 9.11. The second kappa shape index (κ2) is 6.60. The first-order valence-electron chi connectivity index (χ1n) is 6.17. The van der Waals surface area contributed by atoms with Gasteiger partial charge in [0.05, 0.1) is 5.69 Å². The molecule has 0 aliphatic rings. The molecule has 6 heteroatoms. The van der Waals surface area contributed by atoms with Crippen molar-refractivity contribution >= 4 is 43.8 Å². The summed E-state index contributed by atoms with van der Waals surface area (Å²) >= 11 is 7.12. The van der Waals surface area contributed by atoms with Gasteiger partial charge in [-0.15, -0.1) is 0 Å². The Morgan fingerprint density at radius 2 is 1.95 bits per heavy atom. The third kappa shape index (κ3) is 3.84. The van der Waals surface area contributed by atoms with E-state index in [1.54, 1.807) is 6.08 Å². The third-order valence-corrected chi connectivity index (χ3v) is 4.08. The summed E-state index contributed by atoms with van der Waals surface area (Å²) in [5.74, 6) is -0.472. The number of hydrogen-bond donors (Lipinski definition) is 1. The summed E-state index contributed by atoms with van der Waals surface area (Å²) in [4.78, 5) is 11.3. The first-order valence-corrected chi connectivity index (χ1v) is 7.75. The SMILES string of the molecule is Cc1cc(Br)c(-n2ccc(/C=C/C(=O)N(C)O)c2)c(Br)c1. The minimum atomic E-state index is -0.472. The zero-order valence-corrected chi connectivity index (χ0v) is 14.7. The lowest BCUT2D eigenvalue weighted by atomic mass is 10.2. The Hall–Kier alpha value is -1.37. The number of hydrogen-bond acceptors (Lipinski definition) is 2. The zero-order chi connectivity index (χ0) is 15.6. The second-order valence-corrected chi connectivity index (χ2v) is 6.33. The van der Waals surface area contributed by atoms with Crippen LogP contribution in [0.3, 0.4) is 0 Å². The Labute approximate surface area is 139 Å². The molecular weight excluding hydrogens is 400 g/mol. The Morgan fingerprint density at radius 1 is 1.33 bits per heavy atom. The van der Waals surface area contributed by atoms with Gasteiger partial charge in [-0.3, -0.25) is 10.0 Å². The van der Waals surface area contributed by atoms with Crippen LogP contribution in [0.25, 0.3) is 11.8 Å². The summed E-state index contributed by atoms with van der Waals surface area (Å²) in [5, 5.41) is 9.54. The number of amides is 1. The predicted octanol–water partition coefficient (Wildman–Crippen LogP) is 4.17. The molecule has 1 aromatic heterocycles. The lowest BCUT2D eigenvalue weighted by Gasteiger charge is -2.10. The van der Waals surface area contributed by atoms with Crippen molar-refractivity contribution < 1.29 is 10.0 Å². The standard InChI is InChI=1S/C15H14Br2N2O2/c1-10-7-12(16)15(13(17)8-10)19-6-5-11(9-19)3-4-14(20)18(2)21/h3-9,21H,1-2H3/b4-3+. The van der Waals surface area contributed by atoms with E-state index in [1.165, 1.54) is 13.1 Å².